The van der Waals surface area contributed by atoms with E-state index in [2.05, 4.69) is 10.3 Å². The zero-order valence-electron chi connectivity index (χ0n) is 10.1. The first-order valence-corrected chi connectivity index (χ1v) is 6.27. The Balaban J connectivity index is 2.25. The van der Waals surface area contributed by atoms with Crippen LogP contribution in [0.3, 0.4) is 0 Å². The molecule has 3 nitrogen and oxygen atoms in total. The van der Waals surface area contributed by atoms with Gasteiger partial charge in [-0.05, 0) is 30.8 Å². The van der Waals surface area contributed by atoms with Gasteiger partial charge in [-0.3, -0.25) is 0 Å². The van der Waals surface area contributed by atoms with Crippen LogP contribution in [-0.2, 0) is 6.54 Å². The fourth-order valence-corrected chi connectivity index (χ4v) is 1.89. The SMILES string of the molecule is CNCc1cc(Oc2ccc(F)cc2Cl)ncc1Cl. The lowest BCUT2D eigenvalue weighted by Crippen LogP contribution is -2.06. The molecule has 0 saturated carbocycles. The van der Waals surface area contributed by atoms with Gasteiger partial charge >= 0.3 is 0 Å². The van der Waals surface area contributed by atoms with Crippen LogP contribution in [0.2, 0.25) is 10.0 Å². The maximum Gasteiger partial charge on any atom is 0.219 e. The molecule has 0 aliphatic carbocycles. The highest BCUT2D eigenvalue weighted by Crippen LogP contribution is 2.30. The van der Waals surface area contributed by atoms with E-state index in [4.69, 9.17) is 27.9 Å². The van der Waals surface area contributed by atoms with Crippen molar-refractivity contribution in [3.05, 3.63) is 51.9 Å². The first-order valence-electron chi connectivity index (χ1n) is 5.52. The quantitative estimate of drug-likeness (QED) is 0.925. The highest BCUT2D eigenvalue weighted by molar-refractivity contribution is 6.32. The molecule has 2 aromatic rings. The van der Waals surface area contributed by atoms with Gasteiger partial charge in [-0.15, -0.1) is 0 Å². The van der Waals surface area contributed by atoms with Gasteiger partial charge in [0.2, 0.25) is 5.88 Å². The Bertz CT molecular complexity index is 593. The Hall–Kier alpha value is -1.36. The van der Waals surface area contributed by atoms with E-state index in [0.29, 0.717) is 23.2 Å². The van der Waals surface area contributed by atoms with Crippen molar-refractivity contribution >= 4 is 23.2 Å². The van der Waals surface area contributed by atoms with Crippen LogP contribution < -0.4 is 10.1 Å². The summed E-state index contributed by atoms with van der Waals surface area (Å²) in [5.74, 6) is 0.272. The van der Waals surface area contributed by atoms with Crippen LogP contribution in [0.4, 0.5) is 4.39 Å². The summed E-state index contributed by atoms with van der Waals surface area (Å²) in [5, 5.41) is 3.73. The smallest absolute Gasteiger partial charge is 0.219 e. The third kappa shape index (κ3) is 3.56. The van der Waals surface area contributed by atoms with Crippen molar-refractivity contribution in [2.75, 3.05) is 7.05 Å². The molecule has 2 rings (SSSR count). The van der Waals surface area contributed by atoms with E-state index in [-0.39, 0.29) is 5.02 Å². The number of benzene rings is 1. The lowest BCUT2D eigenvalue weighted by atomic mass is 10.2. The van der Waals surface area contributed by atoms with Crippen molar-refractivity contribution in [3.63, 3.8) is 0 Å². The number of aromatic nitrogens is 1. The van der Waals surface area contributed by atoms with Crippen molar-refractivity contribution < 1.29 is 9.13 Å². The third-order valence-corrected chi connectivity index (χ3v) is 3.02. The molecule has 0 bridgehead atoms. The molecule has 0 aliphatic rings. The number of hydrogen-bond acceptors (Lipinski definition) is 3. The Morgan fingerprint density at radius 3 is 2.74 bits per heavy atom. The summed E-state index contributed by atoms with van der Waals surface area (Å²) in [5.41, 5.74) is 0.854. The predicted octanol–water partition coefficient (Wildman–Crippen LogP) is 4.04. The van der Waals surface area contributed by atoms with Gasteiger partial charge in [0, 0.05) is 18.8 Å². The Kier molecular flexibility index (Phi) is 4.58. The van der Waals surface area contributed by atoms with Gasteiger partial charge in [-0.1, -0.05) is 23.2 Å². The first-order chi connectivity index (χ1) is 9.10. The molecule has 0 aliphatic heterocycles. The monoisotopic (exact) mass is 300 g/mol. The molecule has 100 valence electrons. The van der Waals surface area contributed by atoms with Crippen LogP contribution >= 0.6 is 23.2 Å². The zero-order valence-corrected chi connectivity index (χ0v) is 11.6. The molecule has 1 aromatic carbocycles. The highest BCUT2D eigenvalue weighted by Gasteiger charge is 2.08. The molecule has 0 fully saturated rings. The van der Waals surface area contributed by atoms with Gasteiger partial charge in [0.05, 0.1) is 10.0 Å². The molecule has 0 saturated heterocycles. The maximum absolute atomic E-state index is 12.9. The molecule has 0 amide bonds. The lowest BCUT2D eigenvalue weighted by molar-refractivity contribution is 0.460. The van der Waals surface area contributed by atoms with Gasteiger partial charge < -0.3 is 10.1 Å². The first kappa shape index (κ1) is 14.1. The van der Waals surface area contributed by atoms with Gasteiger partial charge in [0.1, 0.15) is 11.6 Å². The minimum absolute atomic E-state index is 0.187. The Morgan fingerprint density at radius 2 is 2.05 bits per heavy atom. The minimum atomic E-state index is -0.419. The summed E-state index contributed by atoms with van der Waals surface area (Å²) in [6, 6.07) is 5.61. The second-order valence-corrected chi connectivity index (χ2v) is 4.64. The van der Waals surface area contributed by atoms with Crippen LogP contribution in [0.1, 0.15) is 5.56 Å². The molecule has 0 atom stereocenters. The van der Waals surface area contributed by atoms with Crippen molar-refractivity contribution in [2.45, 2.75) is 6.54 Å². The van der Waals surface area contributed by atoms with E-state index in [9.17, 15) is 4.39 Å². The summed E-state index contributed by atoms with van der Waals surface area (Å²) in [6.07, 6.45) is 1.50. The number of nitrogens with zero attached hydrogens (tertiary/aromatic N) is 1. The van der Waals surface area contributed by atoms with Crippen LogP contribution in [-0.4, -0.2) is 12.0 Å². The number of pyridine rings is 1. The maximum atomic E-state index is 12.9. The van der Waals surface area contributed by atoms with E-state index < -0.39 is 5.82 Å². The molecular formula is C13H11Cl2FN2O. The van der Waals surface area contributed by atoms with Gasteiger partial charge in [-0.25, -0.2) is 9.37 Å². The predicted molar refractivity (Wildman–Crippen MR) is 73.5 cm³/mol. The molecule has 0 unspecified atom stereocenters. The van der Waals surface area contributed by atoms with Gasteiger partial charge in [-0.2, -0.15) is 0 Å². The lowest BCUT2D eigenvalue weighted by Gasteiger charge is -2.09. The van der Waals surface area contributed by atoms with Crippen molar-refractivity contribution in [3.8, 4) is 11.6 Å². The van der Waals surface area contributed by atoms with E-state index in [0.717, 1.165) is 5.56 Å². The Labute approximate surface area is 120 Å². The van der Waals surface area contributed by atoms with Crippen LogP contribution in [0.25, 0.3) is 0 Å². The molecule has 0 radical (unpaired) electrons. The average molecular weight is 301 g/mol. The second kappa shape index (κ2) is 6.19. The molecule has 1 aromatic heterocycles. The highest BCUT2D eigenvalue weighted by atomic mass is 35.5. The fraction of sp³-hybridized carbons (Fsp3) is 0.154. The summed E-state index contributed by atoms with van der Waals surface area (Å²) in [7, 11) is 1.81. The zero-order chi connectivity index (χ0) is 13.8. The van der Waals surface area contributed by atoms with E-state index in [1.807, 2.05) is 7.05 Å². The van der Waals surface area contributed by atoms with E-state index in [1.165, 1.54) is 24.4 Å². The van der Waals surface area contributed by atoms with Crippen LogP contribution in [0, 0.1) is 5.82 Å². The van der Waals surface area contributed by atoms with Crippen LogP contribution in [0.5, 0.6) is 11.6 Å². The Morgan fingerprint density at radius 1 is 1.26 bits per heavy atom. The topological polar surface area (TPSA) is 34.1 Å². The van der Waals surface area contributed by atoms with E-state index in [1.54, 1.807) is 6.07 Å². The number of ether oxygens (including phenoxy) is 1. The molecule has 1 heterocycles. The summed E-state index contributed by atoms with van der Waals surface area (Å²) < 4.78 is 18.4. The van der Waals surface area contributed by atoms with Crippen molar-refractivity contribution in [2.24, 2.45) is 0 Å². The number of nitrogens with one attached hydrogen (secondary N) is 1. The molecule has 6 heteroatoms. The second-order valence-electron chi connectivity index (χ2n) is 3.82. The molecule has 0 spiro atoms. The minimum Gasteiger partial charge on any atom is -0.437 e. The number of rotatable bonds is 4. The average Bonchev–Trinajstić information content (AvgIpc) is 2.37. The van der Waals surface area contributed by atoms with Crippen molar-refractivity contribution in [1.82, 2.24) is 10.3 Å². The summed E-state index contributed by atoms with van der Waals surface area (Å²) in [4.78, 5) is 4.05. The molecular weight excluding hydrogens is 290 g/mol. The standard InChI is InChI=1S/C13H11Cl2FN2O/c1-17-6-8-4-13(18-7-11(8)15)19-12-3-2-9(16)5-10(12)14/h2-5,7,17H,6H2,1H3. The summed E-state index contributed by atoms with van der Waals surface area (Å²) in [6.45, 7) is 0.592. The summed E-state index contributed by atoms with van der Waals surface area (Å²) >= 11 is 11.9. The molecule has 1 N–H and O–H groups in total. The normalized spacial score (nSPS) is 10.5. The van der Waals surface area contributed by atoms with E-state index >= 15 is 0 Å². The largest absolute Gasteiger partial charge is 0.437 e. The fourth-order valence-electron chi connectivity index (χ4n) is 1.51. The van der Waals surface area contributed by atoms with Gasteiger partial charge in [0.25, 0.3) is 0 Å². The number of hydrogen-bond donors (Lipinski definition) is 1. The number of halogens is 3. The van der Waals surface area contributed by atoms with Gasteiger partial charge in [0.15, 0.2) is 0 Å². The third-order valence-electron chi connectivity index (χ3n) is 2.39. The van der Waals surface area contributed by atoms with Crippen LogP contribution in [0.15, 0.2) is 30.5 Å². The van der Waals surface area contributed by atoms with Crippen molar-refractivity contribution in [1.29, 1.82) is 0 Å². The molecule has 19 heavy (non-hydrogen) atoms.